The Morgan fingerprint density at radius 2 is 1.82 bits per heavy atom. The molecule has 0 aliphatic heterocycles. The lowest BCUT2D eigenvalue weighted by Crippen LogP contribution is -2.27. The van der Waals surface area contributed by atoms with Gasteiger partial charge < -0.3 is 9.47 Å². The molecule has 0 saturated carbocycles. The summed E-state index contributed by atoms with van der Waals surface area (Å²) in [5.74, 6) is 0.191. The first-order chi connectivity index (χ1) is 10.1. The Kier molecular flexibility index (Phi) is 3.82. The van der Waals surface area contributed by atoms with Crippen LogP contribution in [-0.2, 0) is 18.8 Å². The summed E-state index contributed by atoms with van der Waals surface area (Å²) in [5.41, 5.74) is -0.107. The zero-order valence-corrected chi connectivity index (χ0v) is 13.4. The van der Waals surface area contributed by atoms with E-state index in [1.54, 1.807) is 34.9 Å². The van der Waals surface area contributed by atoms with Gasteiger partial charge in [-0.3, -0.25) is 14.5 Å². The number of carbonyl (C=O) groups is 1. The van der Waals surface area contributed by atoms with E-state index in [2.05, 4.69) is 15.3 Å². The number of ether oxygens (including phenoxy) is 2. The van der Waals surface area contributed by atoms with Crippen molar-refractivity contribution in [3.8, 4) is 5.88 Å². The summed E-state index contributed by atoms with van der Waals surface area (Å²) in [6.07, 6.45) is -0.685. The molecule has 2 aromatic heterocycles. The van der Waals surface area contributed by atoms with Crippen molar-refractivity contribution in [1.29, 1.82) is 0 Å². The molecule has 2 rings (SSSR count). The maximum absolute atomic E-state index is 12.0. The number of nitrogens with zero attached hydrogens (tertiary/aromatic N) is 4. The zero-order chi connectivity index (χ0) is 16.7. The summed E-state index contributed by atoms with van der Waals surface area (Å²) < 4.78 is 13.1. The van der Waals surface area contributed by atoms with Gasteiger partial charge in [-0.05, 0) is 20.8 Å². The van der Waals surface area contributed by atoms with Gasteiger partial charge in [0.25, 0.3) is 0 Å². The van der Waals surface area contributed by atoms with Crippen molar-refractivity contribution in [2.45, 2.75) is 26.4 Å². The fourth-order valence-electron chi connectivity index (χ4n) is 1.95. The van der Waals surface area contributed by atoms with Gasteiger partial charge in [-0.2, -0.15) is 9.97 Å². The number of methoxy groups -OCH3 is 1. The highest BCUT2D eigenvalue weighted by Gasteiger charge is 2.20. The van der Waals surface area contributed by atoms with Crippen LogP contribution in [0.4, 0.5) is 10.7 Å². The minimum atomic E-state index is -0.685. The Labute approximate surface area is 126 Å². The fourth-order valence-corrected chi connectivity index (χ4v) is 1.95. The molecule has 1 N–H and O–H groups in total. The number of carbonyl (C=O) groups excluding carboxylic acids is 1. The number of aryl methyl sites for hydroxylation is 2. The van der Waals surface area contributed by atoms with Gasteiger partial charge in [0.05, 0.1) is 7.11 Å². The zero-order valence-electron chi connectivity index (χ0n) is 13.4. The van der Waals surface area contributed by atoms with Crippen molar-refractivity contribution in [3.63, 3.8) is 0 Å². The molecule has 1 amide bonds. The summed E-state index contributed by atoms with van der Waals surface area (Å²) in [6.45, 7) is 5.24. The number of anilines is 1. The van der Waals surface area contributed by atoms with E-state index in [1.165, 1.54) is 16.2 Å². The molecule has 0 atom stereocenters. The van der Waals surface area contributed by atoms with Crippen molar-refractivity contribution >= 4 is 23.2 Å². The third kappa shape index (κ3) is 2.87. The molecular weight excluding hydrogens is 290 g/mol. The highest BCUT2D eigenvalue weighted by molar-refractivity contribution is 5.85. The lowest BCUT2D eigenvalue weighted by molar-refractivity contribution is 0.0634. The van der Waals surface area contributed by atoms with Gasteiger partial charge in [-0.15, -0.1) is 0 Å². The average Bonchev–Trinajstić information content (AvgIpc) is 2.61. The fraction of sp³-hybridized carbons (Fsp3) is 0.538. The van der Waals surface area contributed by atoms with Crippen LogP contribution in [-0.4, -0.2) is 37.9 Å². The molecule has 2 heterocycles. The molecule has 0 aromatic carbocycles. The Balaban J connectivity index is 2.47. The minimum absolute atomic E-state index is 0.000185. The number of hydrogen-bond donors (Lipinski definition) is 1. The molecule has 2 aromatic rings. The third-order valence-corrected chi connectivity index (χ3v) is 2.87. The van der Waals surface area contributed by atoms with E-state index in [9.17, 15) is 9.59 Å². The Bertz CT molecular complexity index is 784. The molecular formula is C13H19N5O4. The molecule has 0 aliphatic carbocycles. The second kappa shape index (κ2) is 5.32. The van der Waals surface area contributed by atoms with Gasteiger partial charge in [0, 0.05) is 14.1 Å². The standard InChI is InChI=1S/C13H19N5O4/c1-13(2,3)22-11(19)16-10-14-8-7(9(15-10)21-6)17(4)12(20)18(8)5/h1-6H3,(H,14,15,16,19). The van der Waals surface area contributed by atoms with E-state index in [1.807, 2.05) is 0 Å². The lowest BCUT2D eigenvalue weighted by atomic mass is 10.2. The van der Waals surface area contributed by atoms with E-state index in [-0.39, 0.29) is 17.5 Å². The maximum atomic E-state index is 12.0. The number of fused-ring (bicyclic) bond motifs is 1. The molecule has 22 heavy (non-hydrogen) atoms. The average molecular weight is 309 g/mol. The van der Waals surface area contributed by atoms with Gasteiger partial charge in [0.2, 0.25) is 11.8 Å². The van der Waals surface area contributed by atoms with Crippen LogP contribution >= 0.6 is 0 Å². The molecule has 0 fully saturated rings. The van der Waals surface area contributed by atoms with Crippen molar-refractivity contribution in [2.24, 2.45) is 14.1 Å². The summed E-state index contributed by atoms with van der Waals surface area (Å²) in [4.78, 5) is 32.0. The molecule has 0 bridgehead atoms. The van der Waals surface area contributed by atoms with Crippen LogP contribution in [0.2, 0.25) is 0 Å². The first-order valence-electron chi connectivity index (χ1n) is 6.61. The largest absolute Gasteiger partial charge is 0.479 e. The van der Waals surface area contributed by atoms with Crippen molar-refractivity contribution in [3.05, 3.63) is 10.5 Å². The second-order valence-corrected chi connectivity index (χ2v) is 5.76. The van der Waals surface area contributed by atoms with Gasteiger partial charge >= 0.3 is 11.8 Å². The predicted molar refractivity (Wildman–Crippen MR) is 80.2 cm³/mol. The number of aromatic nitrogens is 4. The second-order valence-electron chi connectivity index (χ2n) is 5.76. The first-order valence-corrected chi connectivity index (χ1v) is 6.61. The van der Waals surface area contributed by atoms with Crippen molar-refractivity contribution in [2.75, 3.05) is 12.4 Å². The number of amides is 1. The normalized spacial score (nSPS) is 11.5. The summed E-state index contributed by atoms with van der Waals surface area (Å²) in [6, 6.07) is 0. The third-order valence-electron chi connectivity index (χ3n) is 2.87. The first kappa shape index (κ1) is 15.8. The van der Waals surface area contributed by atoms with Crippen molar-refractivity contribution in [1.82, 2.24) is 19.1 Å². The number of rotatable bonds is 2. The van der Waals surface area contributed by atoms with Crippen LogP contribution in [0, 0.1) is 0 Å². The van der Waals surface area contributed by atoms with Gasteiger partial charge in [-0.1, -0.05) is 0 Å². The van der Waals surface area contributed by atoms with E-state index in [4.69, 9.17) is 9.47 Å². The molecule has 0 spiro atoms. The minimum Gasteiger partial charge on any atom is -0.479 e. The molecule has 0 radical (unpaired) electrons. The summed E-state index contributed by atoms with van der Waals surface area (Å²) >= 11 is 0. The number of nitrogens with one attached hydrogen (secondary N) is 1. The smallest absolute Gasteiger partial charge is 0.414 e. The summed E-state index contributed by atoms with van der Waals surface area (Å²) in [7, 11) is 4.60. The van der Waals surface area contributed by atoms with Crippen LogP contribution in [0.25, 0.3) is 11.2 Å². The predicted octanol–water partition coefficient (Wildman–Crippen LogP) is 1.02. The molecule has 0 saturated heterocycles. The van der Waals surface area contributed by atoms with Gasteiger partial charge in [-0.25, -0.2) is 9.59 Å². The van der Waals surface area contributed by atoms with E-state index in [0.717, 1.165) is 0 Å². The van der Waals surface area contributed by atoms with Crippen LogP contribution in [0.15, 0.2) is 4.79 Å². The topological polar surface area (TPSA) is 100 Å². The van der Waals surface area contributed by atoms with Crippen LogP contribution in [0.1, 0.15) is 20.8 Å². The highest BCUT2D eigenvalue weighted by Crippen LogP contribution is 2.22. The Hall–Kier alpha value is -2.58. The molecule has 0 aliphatic rings. The Morgan fingerprint density at radius 3 is 2.36 bits per heavy atom. The quantitative estimate of drug-likeness (QED) is 0.889. The molecule has 0 unspecified atom stereocenters. The monoisotopic (exact) mass is 309 g/mol. The maximum Gasteiger partial charge on any atom is 0.414 e. The molecule has 9 heteroatoms. The molecule has 120 valence electrons. The highest BCUT2D eigenvalue weighted by atomic mass is 16.6. The number of imidazole rings is 1. The van der Waals surface area contributed by atoms with Crippen LogP contribution < -0.4 is 15.7 Å². The molecule has 9 nitrogen and oxygen atoms in total. The van der Waals surface area contributed by atoms with Crippen LogP contribution in [0.5, 0.6) is 5.88 Å². The lowest BCUT2D eigenvalue weighted by Gasteiger charge is -2.19. The van der Waals surface area contributed by atoms with E-state index < -0.39 is 11.7 Å². The Morgan fingerprint density at radius 1 is 1.18 bits per heavy atom. The van der Waals surface area contributed by atoms with Crippen LogP contribution in [0.3, 0.4) is 0 Å². The van der Waals surface area contributed by atoms with Crippen molar-refractivity contribution < 1.29 is 14.3 Å². The van der Waals surface area contributed by atoms with Gasteiger partial charge in [0.15, 0.2) is 11.2 Å². The summed E-state index contributed by atoms with van der Waals surface area (Å²) in [5, 5.41) is 2.43. The SMILES string of the molecule is COc1nc(NC(=O)OC(C)(C)C)nc2c1n(C)c(=O)n2C. The van der Waals surface area contributed by atoms with Gasteiger partial charge in [0.1, 0.15) is 5.60 Å². The van der Waals surface area contributed by atoms with E-state index in [0.29, 0.717) is 11.2 Å². The number of hydrogen-bond acceptors (Lipinski definition) is 6. The van der Waals surface area contributed by atoms with E-state index >= 15 is 0 Å².